The van der Waals surface area contributed by atoms with E-state index in [1.165, 1.54) is 0 Å². The van der Waals surface area contributed by atoms with E-state index in [2.05, 4.69) is 5.32 Å². The van der Waals surface area contributed by atoms with Crippen LogP contribution in [-0.4, -0.2) is 12.6 Å². The van der Waals surface area contributed by atoms with Gasteiger partial charge in [0.15, 0.2) is 0 Å². The van der Waals surface area contributed by atoms with Crippen molar-refractivity contribution in [3.63, 3.8) is 0 Å². The summed E-state index contributed by atoms with van der Waals surface area (Å²) in [6.45, 7) is 0.573. The van der Waals surface area contributed by atoms with E-state index in [0.29, 0.717) is 6.54 Å². The Bertz CT molecular complexity index is 534. The molecular formula is C16H19ClN2O2. The fraction of sp³-hybridized carbons (Fsp3) is 0.188. The van der Waals surface area contributed by atoms with Crippen LogP contribution in [0, 0.1) is 0 Å². The second-order valence-electron chi connectivity index (χ2n) is 4.41. The number of nitrogens with two attached hydrogens (primary N) is 1. The van der Waals surface area contributed by atoms with Crippen molar-refractivity contribution < 1.29 is 9.53 Å². The predicted octanol–water partition coefficient (Wildman–Crippen LogP) is 3.03. The lowest BCUT2D eigenvalue weighted by molar-refractivity contribution is 0.136. The maximum Gasteiger partial charge on any atom is 0.407 e. The molecule has 5 heteroatoms. The van der Waals surface area contributed by atoms with Gasteiger partial charge in [-0.25, -0.2) is 4.79 Å². The second-order valence-corrected chi connectivity index (χ2v) is 4.41. The average Bonchev–Trinajstić information content (AvgIpc) is 2.52. The van der Waals surface area contributed by atoms with E-state index in [9.17, 15) is 4.79 Å². The molecule has 0 aliphatic heterocycles. The van der Waals surface area contributed by atoms with Crippen molar-refractivity contribution in [3.8, 4) is 0 Å². The molecule has 0 aliphatic carbocycles. The van der Waals surface area contributed by atoms with Crippen LogP contribution in [0.25, 0.3) is 0 Å². The van der Waals surface area contributed by atoms with Crippen LogP contribution in [-0.2, 0) is 11.3 Å². The van der Waals surface area contributed by atoms with Crippen molar-refractivity contribution in [2.75, 3.05) is 6.54 Å². The number of hydrogen-bond acceptors (Lipinski definition) is 3. The molecule has 0 unspecified atom stereocenters. The Balaban J connectivity index is 0.00000220. The molecule has 2 aromatic carbocycles. The summed E-state index contributed by atoms with van der Waals surface area (Å²) in [5, 5.41) is 2.77. The largest absolute Gasteiger partial charge is 0.445 e. The van der Waals surface area contributed by atoms with Crippen LogP contribution >= 0.6 is 12.4 Å². The molecule has 0 spiro atoms. The zero-order chi connectivity index (χ0) is 14.2. The molecule has 1 atom stereocenters. The summed E-state index contributed by atoms with van der Waals surface area (Å²) in [7, 11) is 0. The molecule has 0 radical (unpaired) electrons. The fourth-order valence-corrected chi connectivity index (χ4v) is 1.87. The molecule has 112 valence electrons. The molecule has 3 N–H and O–H groups in total. The first kappa shape index (κ1) is 17.0. The number of amides is 1. The summed E-state index contributed by atoms with van der Waals surface area (Å²) >= 11 is 0. The van der Waals surface area contributed by atoms with Gasteiger partial charge in [-0.2, -0.15) is 0 Å². The molecular weight excluding hydrogens is 288 g/mol. The van der Waals surface area contributed by atoms with Gasteiger partial charge in [0.05, 0.1) is 6.04 Å². The van der Waals surface area contributed by atoms with Crippen molar-refractivity contribution in [1.29, 1.82) is 0 Å². The van der Waals surface area contributed by atoms with Gasteiger partial charge in [-0.05, 0) is 11.1 Å². The van der Waals surface area contributed by atoms with Crippen LogP contribution in [0.15, 0.2) is 60.7 Å². The second kappa shape index (κ2) is 9.00. The van der Waals surface area contributed by atoms with Gasteiger partial charge in [0.25, 0.3) is 0 Å². The minimum Gasteiger partial charge on any atom is -0.445 e. The Kier molecular flexibility index (Phi) is 7.29. The minimum absolute atomic E-state index is 0. The van der Waals surface area contributed by atoms with E-state index in [4.69, 9.17) is 10.5 Å². The number of rotatable bonds is 5. The van der Waals surface area contributed by atoms with Crippen molar-refractivity contribution in [3.05, 3.63) is 71.8 Å². The topological polar surface area (TPSA) is 64.3 Å². The van der Waals surface area contributed by atoms with Crippen molar-refractivity contribution >= 4 is 18.5 Å². The minimum atomic E-state index is -0.465. The predicted molar refractivity (Wildman–Crippen MR) is 85.2 cm³/mol. The molecule has 0 aromatic heterocycles. The normalized spacial score (nSPS) is 11.1. The van der Waals surface area contributed by atoms with Crippen LogP contribution in [0.2, 0.25) is 0 Å². The van der Waals surface area contributed by atoms with Crippen LogP contribution in [0.5, 0.6) is 0 Å². The maximum atomic E-state index is 11.8. The standard InChI is InChI=1S/C16H18N2O2.ClH/c17-11-15(14-9-5-2-6-10-14)18-16(19)20-12-13-7-3-1-4-8-13;/h1-10,15H,11-12,17H2,(H,18,19);1H/t15-;/m1./s1. The molecule has 0 saturated heterocycles. The van der Waals surface area contributed by atoms with Gasteiger partial charge in [0.2, 0.25) is 0 Å². The molecule has 2 aromatic rings. The number of alkyl carbamates (subject to hydrolysis) is 1. The summed E-state index contributed by atoms with van der Waals surface area (Å²) in [6, 6.07) is 18.9. The van der Waals surface area contributed by atoms with Crippen molar-refractivity contribution in [2.24, 2.45) is 5.73 Å². The lowest BCUT2D eigenvalue weighted by Gasteiger charge is -2.17. The molecule has 0 heterocycles. The molecule has 21 heavy (non-hydrogen) atoms. The highest BCUT2D eigenvalue weighted by Crippen LogP contribution is 2.11. The van der Waals surface area contributed by atoms with Gasteiger partial charge >= 0.3 is 6.09 Å². The van der Waals surface area contributed by atoms with E-state index < -0.39 is 6.09 Å². The van der Waals surface area contributed by atoms with Gasteiger partial charge in [-0.1, -0.05) is 60.7 Å². The van der Waals surface area contributed by atoms with Crippen LogP contribution in [0.1, 0.15) is 17.2 Å². The van der Waals surface area contributed by atoms with Crippen molar-refractivity contribution in [1.82, 2.24) is 5.32 Å². The van der Waals surface area contributed by atoms with E-state index in [-0.39, 0.29) is 25.1 Å². The highest BCUT2D eigenvalue weighted by molar-refractivity contribution is 5.85. The van der Waals surface area contributed by atoms with Gasteiger partial charge in [0.1, 0.15) is 6.61 Å². The highest BCUT2D eigenvalue weighted by Gasteiger charge is 2.13. The quantitative estimate of drug-likeness (QED) is 0.892. The van der Waals surface area contributed by atoms with Crippen LogP contribution in [0.3, 0.4) is 0 Å². The van der Waals surface area contributed by atoms with E-state index in [1.54, 1.807) is 0 Å². The molecule has 0 fully saturated rings. The van der Waals surface area contributed by atoms with Gasteiger partial charge < -0.3 is 15.8 Å². The zero-order valence-electron chi connectivity index (χ0n) is 11.6. The number of benzene rings is 2. The Morgan fingerprint density at radius 1 is 1.05 bits per heavy atom. The van der Waals surface area contributed by atoms with Crippen molar-refractivity contribution in [2.45, 2.75) is 12.6 Å². The molecule has 2 rings (SSSR count). The lowest BCUT2D eigenvalue weighted by Crippen LogP contribution is -2.33. The maximum absolute atomic E-state index is 11.8. The van der Waals surface area contributed by atoms with Gasteiger partial charge in [0, 0.05) is 6.54 Å². The third-order valence-corrected chi connectivity index (χ3v) is 2.94. The van der Waals surface area contributed by atoms with Gasteiger partial charge in [-0.3, -0.25) is 0 Å². The lowest BCUT2D eigenvalue weighted by atomic mass is 10.1. The first-order valence-electron chi connectivity index (χ1n) is 6.52. The third-order valence-electron chi connectivity index (χ3n) is 2.94. The summed E-state index contributed by atoms with van der Waals surface area (Å²) in [6.07, 6.45) is -0.465. The Morgan fingerprint density at radius 3 is 2.19 bits per heavy atom. The smallest absolute Gasteiger partial charge is 0.407 e. The number of ether oxygens (including phenoxy) is 1. The first-order valence-corrected chi connectivity index (χ1v) is 6.52. The number of halogens is 1. The Labute approximate surface area is 130 Å². The number of carbonyl (C=O) groups is 1. The highest BCUT2D eigenvalue weighted by atomic mass is 35.5. The zero-order valence-corrected chi connectivity index (χ0v) is 12.4. The molecule has 0 bridgehead atoms. The molecule has 1 amide bonds. The molecule has 0 saturated carbocycles. The SMILES string of the molecule is Cl.NC[C@@H](NC(=O)OCc1ccccc1)c1ccccc1. The van der Waals surface area contributed by atoms with E-state index in [0.717, 1.165) is 11.1 Å². The summed E-state index contributed by atoms with van der Waals surface area (Å²) in [4.78, 5) is 11.8. The number of hydrogen-bond donors (Lipinski definition) is 2. The molecule has 0 aliphatic rings. The van der Waals surface area contributed by atoms with E-state index >= 15 is 0 Å². The fourth-order valence-electron chi connectivity index (χ4n) is 1.87. The Hall–Kier alpha value is -2.04. The van der Waals surface area contributed by atoms with Crippen LogP contribution in [0.4, 0.5) is 4.79 Å². The number of nitrogens with one attached hydrogen (secondary N) is 1. The molecule has 4 nitrogen and oxygen atoms in total. The summed E-state index contributed by atoms with van der Waals surface area (Å²) in [5.74, 6) is 0. The summed E-state index contributed by atoms with van der Waals surface area (Å²) in [5.41, 5.74) is 7.61. The first-order chi connectivity index (χ1) is 9.79. The summed E-state index contributed by atoms with van der Waals surface area (Å²) < 4.78 is 5.18. The van der Waals surface area contributed by atoms with Gasteiger partial charge in [-0.15, -0.1) is 12.4 Å². The van der Waals surface area contributed by atoms with Crippen LogP contribution < -0.4 is 11.1 Å². The third kappa shape index (κ3) is 5.45. The number of carbonyl (C=O) groups excluding carboxylic acids is 1. The Morgan fingerprint density at radius 2 is 1.62 bits per heavy atom. The van der Waals surface area contributed by atoms with E-state index in [1.807, 2.05) is 60.7 Å². The average molecular weight is 307 g/mol. The monoisotopic (exact) mass is 306 g/mol.